The molecule has 0 saturated heterocycles. The summed E-state index contributed by atoms with van der Waals surface area (Å²) in [7, 11) is -1.28. The van der Waals surface area contributed by atoms with Crippen LogP contribution >= 0.6 is 0 Å². The van der Waals surface area contributed by atoms with Crippen molar-refractivity contribution in [2.24, 2.45) is 0 Å². The van der Waals surface area contributed by atoms with Crippen LogP contribution < -0.4 is 20.1 Å². The van der Waals surface area contributed by atoms with Gasteiger partial charge >= 0.3 is 6.18 Å². The molecular formula is C27H29F4N5O7S. The average molecular weight is 644 g/mol. The molecule has 1 amide bonds. The van der Waals surface area contributed by atoms with Gasteiger partial charge < -0.3 is 30.3 Å². The third kappa shape index (κ3) is 7.18. The molecule has 0 bridgehead atoms. The van der Waals surface area contributed by atoms with Crippen molar-refractivity contribution >= 4 is 27.6 Å². The third-order valence-electron chi connectivity index (χ3n) is 6.87. The summed E-state index contributed by atoms with van der Waals surface area (Å²) in [5.74, 6) is -3.42. The molecule has 1 heterocycles. The molecule has 3 aromatic rings. The van der Waals surface area contributed by atoms with Crippen LogP contribution in [-0.2, 0) is 22.6 Å². The van der Waals surface area contributed by atoms with E-state index in [0.717, 1.165) is 22.7 Å². The van der Waals surface area contributed by atoms with Gasteiger partial charge in [-0.2, -0.15) is 22.5 Å². The Morgan fingerprint density at radius 3 is 2.59 bits per heavy atom. The molecule has 44 heavy (non-hydrogen) atoms. The highest BCUT2D eigenvalue weighted by Crippen LogP contribution is 2.42. The summed E-state index contributed by atoms with van der Waals surface area (Å²) in [5.41, 5.74) is -0.687. The van der Waals surface area contributed by atoms with E-state index in [1.807, 2.05) is 0 Å². The van der Waals surface area contributed by atoms with Crippen LogP contribution in [0.5, 0.6) is 11.6 Å². The summed E-state index contributed by atoms with van der Waals surface area (Å²) in [6.07, 6.45) is -5.77. The molecule has 0 aliphatic heterocycles. The molecule has 0 unspecified atom stereocenters. The van der Waals surface area contributed by atoms with Crippen molar-refractivity contribution in [2.75, 3.05) is 38.9 Å². The number of hydrogen-bond donors (Lipinski definition) is 4. The van der Waals surface area contributed by atoms with E-state index in [4.69, 9.17) is 14.6 Å². The second kappa shape index (κ2) is 12.9. The number of aliphatic hydroxyl groups is 2. The first kappa shape index (κ1) is 32.8. The highest BCUT2D eigenvalue weighted by Gasteiger charge is 2.43. The first-order chi connectivity index (χ1) is 20.6. The predicted octanol–water partition coefficient (Wildman–Crippen LogP) is 2.41. The largest absolute Gasteiger partial charge is 0.495 e. The van der Waals surface area contributed by atoms with Crippen molar-refractivity contribution in [3.05, 3.63) is 70.7 Å². The Morgan fingerprint density at radius 2 is 1.95 bits per heavy atom. The highest BCUT2D eigenvalue weighted by atomic mass is 32.2. The molecule has 4 N–H and O–H groups in total. The molecule has 2 aromatic carbocycles. The topological polar surface area (TPSA) is 163 Å². The predicted molar refractivity (Wildman–Crippen MR) is 149 cm³/mol. The summed E-state index contributed by atoms with van der Waals surface area (Å²) in [6, 6.07) is 7.68. The van der Waals surface area contributed by atoms with Gasteiger partial charge in [-0.1, -0.05) is 24.3 Å². The van der Waals surface area contributed by atoms with Crippen molar-refractivity contribution in [1.82, 2.24) is 19.6 Å². The van der Waals surface area contributed by atoms with E-state index in [-0.39, 0.29) is 24.4 Å². The molecule has 238 valence electrons. The zero-order valence-electron chi connectivity index (χ0n) is 23.6. The van der Waals surface area contributed by atoms with Gasteiger partial charge in [-0.3, -0.25) is 4.79 Å². The van der Waals surface area contributed by atoms with E-state index in [1.54, 1.807) is 24.3 Å². The number of aromatic nitrogens is 2. The Hall–Kier alpha value is -4.06. The number of sulfonamides is 1. The van der Waals surface area contributed by atoms with Crippen LogP contribution in [0.1, 0.15) is 33.1 Å². The van der Waals surface area contributed by atoms with Gasteiger partial charge in [0.25, 0.3) is 5.91 Å². The van der Waals surface area contributed by atoms with E-state index in [0.29, 0.717) is 17.3 Å². The van der Waals surface area contributed by atoms with Crippen LogP contribution in [0.25, 0.3) is 0 Å². The number of amides is 1. The van der Waals surface area contributed by atoms with Crippen LogP contribution in [0, 0.1) is 5.82 Å². The standard InChI is InChI=1S/C27H29F4N5O7S/c1-36(44(3,40)41)23-16-7-5-4-6-14(16)8-22(23)43-25-18(27(29,30)31)12-33-26(35-25)34-20-10-19(28)17(9-21(20)42-2)24(39)32-11-15(38)13-37/h4-7,9-10,12,15,22-23,37-38H,8,11,13H2,1-3H3,(H,32,39)(H,33,34,35)/t15-,22-,23-/m1/s1. The van der Waals surface area contributed by atoms with E-state index < -0.39 is 75.7 Å². The zero-order chi connectivity index (χ0) is 32.4. The van der Waals surface area contributed by atoms with Gasteiger partial charge in [-0.25, -0.2) is 17.8 Å². The summed E-state index contributed by atoms with van der Waals surface area (Å²) in [6.45, 7) is -0.983. The van der Waals surface area contributed by atoms with Gasteiger partial charge in [-0.05, 0) is 17.2 Å². The average Bonchev–Trinajstić information content (AvgIpc) is 3.31. The lowest BCUT2D eigenvalue weighted by Crippen LogP contribution is -2.38. The van der Waals surface area contributed by atoms with Crippen LogP contribution in [0.2, 0.25) is 0 Å². The number of methoxy groups -OCH3 is 1. The Morgan fingerprint density at radius 1 is 1.25 bits per heavy atom. The van der Waals surface area contributed by atoms with Gasteiger partial charge in [0.05, 0.1) is 43.4 Å². The number of fused-ring (bicyclic) bond motifs is 1. The fraction of sp³-hybridized carbons (Fsp3) is 0.370. The monoisotopic (exact) mass is 643 g/mol. The molecule has 17 heteroatoms. The molecule has 0 fully saturated rings. The second-order valence-electron chi connectivity index (χ2n) is 9.90. The molecule has 1 aliphatic carbocycles. The normalized spacial score (nSPS) is 17.2. The molecule has 0 spiro atoms. The van der Waals surface area contributed by atoms with Gasteiger partial charge in [-0.15, -0.1) is 0 Å². The molecule has 0 radical (unpaired) electrons. The second-order valence-corrected chi connectivity index (χ2v) is 11.9. The number of halogens is 4. The lowest BCUT2D eigenvalue weighted by Gasteiger charge is -2.29. The Bertz CT molecular complexity index is 1640. The Kier molecular flexibility index (Phi) is 9.62. The van der Waals surface area contributed by atoms with E-state index >= 15 is 0 Å². The molecule has 3 atom stereocenters. The third-order valence-corrected chi connectivity index (χ3v) is 8.15. The minimum Gasteiger partial charge on any atom is -0.495 e. The van der Waals surface area contributed by atoms with Crippen molar-refractivity contribution in [2.45, 2.75) is 30.8 Å². The first-order valence-corrected chi connectivity index (χ1v) is 14.8. The van der Waals surface area contributed by atoms with Crippen molar-refractivity contribution < 1.29 is 50.5 Å². The zero-order valence-corrected chi connectivity index (χ0v) is 24.4. The highest BCUT2D eigenvalue weighted by molar-refractivity contribution is 7.88. The van der Waals surface area contributed by atoms with Gasteiger partial charge in [0.2, 0.25) is 21.9 Å². The molecule has 1 aliphatic rings. The number of benzene rings is 2. The smallest absolute Gasteiger partial charge is 0.423 e. The number of hydrogen-bond acceptors (Lipinski definition) is 10. The van der Waals surface area contributed by atoms with Crippen LogP contribution in [0.15, 0.2) is 42.6 Å². The van der Waals surface area contributed by atoms with Crippen LogP contribution in [0.3, 0.4) is 0 Å². The van der Waals surface area contributed by atoms with Gasteiger partial charge in [0.15, 0.2) is 0 Å². The summed E-state index contributed by atoms with van der Waals surface area (Å²) in [4.78, 5) is 20.0. The summed E-state index contributed by atoms with van der Waals surface area (Å²) >= 11 is 0. The number of aliphatic hydroxyl groups excluding tert-OH is 2. The number of nitrogens with zero attached hydrogens (tertiary/aromatic N) is 3. The first-order valence-electron chi connectivity index (χ1n) is 13.0. The minimum atomic E-state index is -4.94. The van der Waals surface area contributed by atoms with E-state index in [2.05, 4.69) is 20.6 Å². The molecule has 12 nitrogen and oxygen atoms in total. The van der Waals surface area contributed by atoms with E-state index in [9.17, 15) is 35.9 Å². The number of carbonyl (C=O) groups is 1. The maximum atomic E-state index is 14.9. The quantitative estimate of drug-likeness (QED) is 0.228. The number of ether oxygens (including phenoxy) is 2. The van der Waals surface area contributed by atoms with Crippen molar-refractivity contribution in [1.29, 1.82) is 0 Å². The van der Waals surface area contributed by atoms with Crippen LogP contribution in [0.4, 0.5) is 29.2 Å². The van der Waals surface area contributed by atoms with Crippen LogP contribution in [-0.4, -0.2) is 84.6 Å². The maximum Gasteiger partial charge on any atom is 0.423 e. The summed E-state index contributed by atoms with van der Waals surface area (Å²) < 4.78 is 93.7. The molecule has 0 saturated carbocycles. The fourth-order valence-corrected chi connectivity index (χ4v) is 5.28. The van der Waals surface area contributed by atoms with Crippen molar-refractivity contribution in [3.63, 3.8) is 0 Å². The van der Waals surface area contributed by atoms with E-state index in [1.165, 1.54) is 14.2 Å². The number of rotatable bonds is 11. The van der Waals surface area contributed by atoms with Crippen molar-refractivity contribution in [3.8, 4) is 11.6 Å². The van der Waals surface area contributed by atoms with Gasteiger partial charge in [0, 0.05) is 32.3 Å². The van der Waals surface area contributed by atoms with Gasteiger partial charge in [0.1, 0.15) is 23.2 Å². The molecule has 4 rings (SSSR count). The summed E-state index contributed by atoms with van der Waals surface area (Å²) in [5, 5.41) is 23.1. The molecular weight excluding hydrogens is 614 g/mol. The minimum absolute atomic E-state index is 0.0860. The number of nitrogens with one attached hydrogen (secondary N) is 2. The fourth-order valence-electron chi connectivity index (χ4n) is 4.62. The molecule has 1 aromatic heterocycles. The lowest BCUT2D eigenvalue weighted by molar-refractivity contribution is -0.140. The number of alkyl halides is 3. The lowest BCUT2D eigenvalue weighted by atomic mass is 10.1. The Balaban J connectivity index is 1.67. The number of carbonyl (C=O) groups excluding carboxylic acids is 1. The SMILES string of the molecule is COc1cc(C(=O)NC[C@@H](O)CO)c(F)cc1Nc1ncc(C(F)(F)F)c(O[C@@H]2Cc3ccccc3[C@H]2N(C)S(C)(=O)=O)n1. The Labute approximate surface area is 249 Å². The number of anilines is 2. The number of likely N-dealkylation sites (N-methyl/N-ethyl adjacent to an activating group) is 1. The maximum absolute atomic E-state index is 14.9.